The van der Waals surface area contributed by atoms with Crippen molar-refractivity contribution in [3.63, 3.8) is 0 Å². The van der Waals surface area contributed by atoms with Crippen molar-refractivity contribution >= 4 is 0 Å². The molecule has 0 aliphatic carbocycles. The van der Waals surface area contributed by atoms with Crippen LogP contribution in [0.4, 0.5) is 0 Å². The lowest BCUT2D eigenvalue weighted by Gasteiger charge is -2.51. The maximum Gasteiger partial charge on any atom is 0.0939 e. The van der Waals surface area contributed by atoms with Gasteiger partial charge in [0.15, 0.2) is 0 Å². The molecule has 0 saturated carbocycles. The highest BCUT2D eigenvalue weighted by Gasteiger charge is 2.45. The molecule has 28 heavy (non-hydrogen) atoms. The van der Waals surface area contributed by atoms with Crippen molar-refractivity contribution in [2.45, 2.75) is 58.7 Å². The topological polar surface area (TPSA) is 15.7 Å². The van der Waals surface area contributed by atoms with Crippen LogP contribution in [0.25, 0.3) is 0 Å². The summed E-state index contributed by atoms with van der Waals surface area (Å²) in [7, 11) is 0. The molecule has 0 atom stereocenters. The van der Waals surface area contributed by atoms with Crippen molar-refractivity contribution in [1.29, 1.82) is 0 Å². The van der Waals surface area contributed by atoms with Gasteiger partial charge in [-0.2, -0.15) is 5.06 Å². The van der Waals surface area contributed by atoms with E-state index >= 15 is 0 Å². The Morgan fingerprint density at radius 3 is 2.32 bits per heavy atom. The van der Waals surface area contributed by atoms with Gasteiger partial charge in [0, 0.05) is 13.1 Å². The molecule has 2 aromatic rings. The van der Waals surface area contributed by atoms with E-state index in [0.29, 0.717) is 12.0 Å². The quantitative estimate of drug-likeness (QED) is 0.712. The average Bonchev–Trinajstić information content (AvgIpc) is 2.70. The minimum atomic E-state index is -0.0110. The highest BCUT2D eigenvalue weighted by atomic mass is 16.7. The Labute approximate surface area is 170 Å². The molecule has 0 aromatic heterocycles. The molecule has 0 bridgehead atoms. The molecule has 1 saturated heterocycles. The van der Waals surface area contributed by atoms with Crippen molar-refractivity contribution in [3.8, 4) is 0 Å². The first kappa shape index (κ1) is 19.6. The fourth-order valence-electron chi connectivity index (χ4n) is 4.61. The van der Waals surface area contributed by atoms with Crippen molar-refractivity contribution in [3.05, 3.63) is 71.3 Å². The third-order valence-electron chi connectivity index (χ3n) is 6.40. The Kier molecular flexibility index (Phi) is 5.59. The molecule has 2 aliphatic heterocycles. The van der Waals surface area contributed by atoms with Gasteiger partial charge < -0.3 is 4.90 Å². The first-order valence-electron chi connectivity index (χ1n) is 10.7. The molecule has 1 spiro atoms. The third kappa shape index (κ3) is 4.17. The second-order valence-electron chi connectivity index (χ2n) is 9.64. The lowest BCUT2D eigenvalue weighted by molar-refractivity contribution is -0.266. The van der Waals surface area contributed by atoms with Crippen LogP contribution in [0, 0.1) is 5.41 Å². The van der Waals surface area contributed by atoms with E-state index in [1.54, 1.807) is 0 Å². The van der Waals surface area contributed by atoms with Crippen LogP contribution in [0.1, 0.15) is 56.7 Å². The number of hydroxylamine groups is 2. The van der Waals surface area contributed by atoms with Gasteiger partial charge in [0.2, 0.25) is 0 Å². The summed E-state index contributed by atoms with van der Waals surface area (Å²) in [6.07, 6.45) is 3.50. The molecule has 2 aliphatic rings. The number of hydrogen-bond acceptors (Lipinski definition) is 3. The van der Waals surface area contributed by atoms with Crippen molar-refractivity contribution < 1.29 is 4.84 Å². The Morgan fingerprint density at radius 2 is 1.61 bits per heavy atom. The first-order chi connectivity index (χ1) is 13.5. The number of likely N-dealkylation sites (tertiary alicyclic amines) is 1. The van der Waals surface area contributed by atoms with Crippen LogP contribution < -0.4 is 0 Å². The molecule has 0 N–H and O–H groups in total. The Balaban J connectivity index is 1.56. The Bertz CT molecular complexity index is 773. The van der Waals surface area contributed by atoms with Crippen LogP contribution in [0.15, 0.2) is 54.6 Å². The van der Waals surface area contributed by atoms with E-state index in [1.165, 1.54) is 29.7 Å². The standard InChI is InChI=1S/C25H34N2O/c1-24(2,3)13-16-26-17-14-25(15-18-26)23-12-8-7-11-22(23)20-28-27(25)19-21-9-5-4-6-10-21/h4-12H,13-20H2,1-3H3. The van der Waals surface area contributed by atoms with E-state index < -0.39 is 0 Å². The predicted molar refractivity (Wildman–Crippen MR) is 115 cm³/mol. The molecule has 2 aromatic carbocycles. The molecule has 4 rings (SSSR count). The van der Waals surface area contributed by atoms with Crippen LogP contribution in [-0.2, 0) is 23.5 Å². The molecule has 0 amide bonds. The third-order valence-corrected chi connectivity index (χ3v) is 6.40. The molecular weight excluding hydrogens is 344 g/mol. The van der Waals surface area contributed by atoms with E-state index in [9.17, 15) is 0 Å². The van der Waals surface area contributed by atoms with Gasteiger partial charge in [-0.15, -0.1) is 0 Å². The largest absolute Gasteiger partial charge is 0.303 e. The minimum absolute atomic E-state index is 0.0110. The van der Waals surface area contributed by atoms with Gasteiger partial charge in [0.1, 0.15) is 0 Å². The Hall–Kier alpha value is -1.68. The monoisotopic (exact) mass is 378 g/mol. The summed E-state index contributed by atoms with van der Waals surface area (Å²) < 4.78 is 0. The fourth-order valence-corrected chi connectivity index (χ4v) is 4.61. The lowest BCUT2D eigenvalue weighted by Crippen LogP contribution is -2.55. The minimum Gasteiger partial charge on any atom is -0.303 e. The summed E-state index contributed by atoms with van der Waals surface area (Å²) in [5.41, 5.74) is 4.54. The summed E-state index contributed by atoms with van der Waals surface area (Å²) in [5.74, 6) is 0. The fraction of sp³-hybridized carbons (Fsp3) is 0.520. The van der Waals surface area contributed by atoms with Gasteiger partial charge in [-0.25, -0.2) is 0 Å². The molecule has 3 nitrogen and oxygen atoms in total. The van der Waals surface area contributed by atoms with E-state index in [0.717, 1.165) is 32.5 Å². The van der Waals surface area contributed by atoms with Gasteiger partial charge >= 0.3 is 0 Å². The number of rotatable bonds is 4. The second-order valence-corrected chi connectivity index (χ2v) is 9.64. The molecule has 3 heteroatoms. The molecule has 1 fully saturated rings. The van der Waals surface area contributed by atoms with Gasteiger partial charge in [0.05, 0.1) is 18.7 Å². The van der Waals surface area contributed by atoms with Gasteiger partial charge in [0.25, 0.3) is 0 Å². The van der Waals surface area contributed by atoms with Crippen LogP contribution in [0.2, 0.25) is 0 Å². The van der Waals surface area contributed by atoms with E-state index in [2.05, 4.69) is 85.3 Å². The number of nitrogens with zero attached hydrogens (tertiary/aromatic N) is 2. The number of hydrogen-bond donors (Lipinski definition) is 0. The number of fused-ring (bicyclic) bond motifs is 2. The van der Waals surface area contributed by atoms with Crippen LogP contribution >= 0.6 is 0 Å². The maximum atomic E-state index is 6.37. The average molecular weight is 379 g/mol. The molecule has 0 unspecified atom stereocenters. The van der Waals surface area contributed by atoms with Gasteiger partial charge in [-0.1, -0.05) is 75.4 Å². The summed E-state index contributed by atoms with van der Waals surface area (Å²) >= 11 is 0. The molecule has 150 valence electrons. The summed E-state index contributed by atoms with van der Waals surface area (Å²) in [5, 5.41) is 2.30. The summed E-state index contributed by atoms with van der Waals surface area (Å²) in [6.45, 7) is 12.0. The highest BCUT2D eigenvalue weighted by molar-refractivity contribution is 5.35. The summed E-state index contributed by atoms with van der Waals surface area (Å²) in [4.78, 5) is 9.01. The molecular formula is C25H34N2O. The maximum absolute atomic E-state index is 6.37. The van der Waals surface area contributed by atoms with Crippen molar-refractivity contribution in [1.82, 2.24) is 9.96 Å². The number of piperidine rings is 1. The van der Waals surface area contributed by atoms with Crippen LogP contribution in [-0.4, -0.2) is 29.6 Å². The molecule has 2 heterocycles. The zero-order chi connectivity index (χ0) is 19.6. The predicted octanol–water partition coefficient (Wildman–Crippen LogP) is 5.36. The van der Waals surface area contributed by atoms with E-state index in [1.807, 2.05) is 0 Å². The van der Waals surface area contributed by atoms with E-state index in [-0.39, 0.29) is 5.54 Å². The van der Waals surface area contributed by atoms with Crippen LogP contribution in [0.5, 0.6) is 0 Å². The van der Waals surface area contributed by atoms with Gasteiger partial charge in [-0.3, -0.25) is 4.84 Å². The zero-order valence-electron chi connectivity index (χ0n) is 17.7. The van der Waals surface area contributed by atoms with Gasteiger partial charge in [-0.05, 0) is 47.9 Å². The smallest absolute Gasteiger partial charge is 0.0939 e. The second kappa shape index (κ2) is 7.98. The van der Waals surface area contributed by atoms with Crippen molar-refractivity contribution in [2.75, 3.05) is 19.6 Å². The summed E-state index contributed by atoms with van der Waals surface area (Å²) in [6, 6.07) is 19.6. The Morgan fingerprint density at radius 1 is 0.929 bits per heavy atom. The SMILES string of the molecule is CC(C)(C)CCN1CCC2(CC1)c1ccccc1CON2Cc1ccccc1. The molecule has 0 radical (unpaired) electrons. The van der Waals surface area contributed by atoms with Crippen molar-refractivity contribution in [2.24, 2.45) is 5.41 Å². The first-order valence-corrected chi connectivity index (χ1v) is 10.7. The normalized spacial score (nSPS) is 20.2. The number of benzene rings is 2. The van der Waals surface area contributed by atoms with Crippen LogP contribution in [0.3, 0.4) is 0 Å². The van der Waals surface area contributed by atoms with E-state index in [4.69, 9.17) is 4.84 Å². The lowest BCUT2D eigenvalue weighted by atomic mass is 9.77. The highest BCUT2D eigenvalue weighted by Crippen LogP contribution is 2.44. The zero-order valence-corrected chi connectivity index (χ0v) is 17.7.